The van der Waals surface area contributed by atoms with Gasteiger partial charge in [-0.1, -0.05) is 6.07 Å². The van der Waals surface area contributed by atoms with E-state index in [1.54, 1.807) is 13.1 Å². The van der Waals surface area contributed by atoms with Crippen molar-refractivity contribution in [2.45, 2.75) is 6.92 Å². The van der Waals surface area contributed by atoms with Crippen LogP contribution in [0.25, 0.3) is 11.4 Å². The van der Waals surface area contributed by atoms with Crippen molar-refractivity contribution >= 4 is 0 Å². The van der Waals surface area contributed by atoms with Gasteiger partial charge < -0.3 is 0 Å². The molecule has 0 spiro atoms. The van der Waals surface area contributed by atoms with Crippen LogP contribution in [-0.4, -0.2) is 20.2 Å². The highest BCUT2D eigenvalue weighted by Gasteiger charge is 2.09. The van der Waals surface area contributed by atoms with Crippen LogP contribution in [0.15, 0.2) is 18.2 Å². The summed E-state index contributed by atoms with van der Waals surface area (Å²) in [5.74, 6) is 0.288. The monoisotopic (exact) mass is 192 g/mol. The molecular weight excluding hydrogens is 183 g/mol. The zero-order valence-corrected chi connectivity index (χ0v) is 7.90. The molecule has 0 N–H and O–H groups in total. The fourth-order valence-corrected chi connectivity index (χ4v) is 1.29. The molecular formula is C9H9FN4. The van der Waals surface area contributed by atoms with Gasteiger partial charge in [0, 0.05) is 12.6 Å². The lowest BCUT2D eigenvalue weighted by molar-refractivity contribution is 0.627. The Bertz CT molecular complexity index is 464. The van der Waals surface area contributed by atoms with E-state index in [1.165, 1.54) is 16.8 Å². The highest BCUT2D eigenvalue weighted by Crippen LogP contribution is 2.20. The van der Waals surface area contributed by atoms with Crippen molar-refractivity contribution in [2.24, 2.45) is 7.05 Å². The second kappa shape index (κ2) is 3.17. The van der Waals surface area contributed by atoms with E-state index in [2.05, 4.69) is 15.5 Å². The van der Waals surface area contributed by atoms with Crippen molar-refractivity contribution in [1.29, 1.82) is 0 Å². The lowest BCUT2D eigenvalue weighted by atomic mass is 10.1. The molecule has 5 heteroatoms. The molecule has 0 aliphatic carbocycles. The predicted molar refractivity (Wildman–Crippen MR) is 48.9 cm³/mol. The summed E-state index contributed by atoms with van der Waals surface area (Å²) >= 11 is 0. The summed E-state index contributed by atoms with van der Waals surface area (Å²) in [5, 5.41) is 11.0. The molecule has 0 aliphatic heterocycles. The van der Waals surface area contributed by atoms with E-state index in [9.17, 15) is 4.39 Å². The highest BCUT2D eigenvalue weighted by atomic mass is 19.1. The molecule has 72 valence electrons. The largest absolute Gasteiger partial charge is 0.229 e. The smallest absolute Gasteiger partial charge is 0.182 e. The Morgan fingerprint density at radius 3 is 2.79 bits per heavy atom. The lowest BCUT2D eigenvalue weighted by Gasteiger charge is -2.02. The summed E-state index contributed by atoms with van der Waals surface area (Å²) in [4.78, 5) is 0. The van der Waals surface area contributed by atoms with Crippen LogP contribution in [0.4, 0.5) is 4.39 Å². The molecule has 0 amide bonds. The number of rotatable bonds is 1. The molecule has 0 aliphatic rings. The van der Waals surface area contributed by atoms with Gasteiger partial charge in [0.1, 0.15) is 5.82 Å². The first-order valence-corrected chi connectivity index (χ1v) is 4.17. The Kier molecular flexibility index (Phi) is 1.99. The second-order valence-corrected chi connectivity index (χ2v) is 3.09. The molecule has 1 heterocycles. The van der Waals surface area contributed by atoms with Crippen LogP contribution in [0, 0.1) is 12.7 Å². The van der Waals surface area contributed by atoms with Gasteiger partial charge in [0.25, 0.3) is 0 Å². The van der Waals surface area contributed by atoms with Gasteiger partial charge >= 0.3 is 0 Å². The van der Waals surface area contributed by atoms with Crippen LogP contribution in [0.3, 0.4) is 0 Å². The van der Waals surface area contributed by atoms with Gasteiger partial charge in [-0.15, -0.1) is 5.10 Å². The number of benzene rings is 1. The minimum Gasteiger partial charge on any atom is -0.229 e. The third kappa shape index (κ3) is 1.37. The maximum Gasteiger partial charge on any atom is 0.182 e. The maximum atomic E-state index is 13.0. The van der Waals surface area contributed by atoms with Crippen LogP contribution in [0.5, 0.6) is 0 Å². The standard InChI is InChI=1S/C9H9FN4/c1-6-3-4-7(10)5-8(6)9-11-12-13-14(9)2/h3-5H,1-2H3. The number of aromatic nitrogens is 4. The number of nitrogens with zero attached hydrogens (tertiary/aromatic N) is 4. The summed E-state index contributed by atoms with van der Waals surface area (Å²) in [6.07, 6.45) is 0. The third-order valence-corrected chi connectivity index (χ3v) is 2.06. The minimum atomic E-state index is -0.284. The fraction of sp³-hybridized carbons (Fsp3) is 0.222. The minimum absolute atomic E-state index is 0.284. The third-order valence-electron chi connectivity index (χ3n) is 2.06. The van der Waals surface area contributed by atoms with Gasteiger partial charge in [-0.2, -0.15) is 0 Å². The molecule has 0 atom stereocenters. The van der Waals surface area contributed by atoms with E-state index in [0.717, 1.165) is 11.1 Å². The lowest BCUT2D eigenvalue weighted by Crippen LogP contribution is -1.96. The van der Waals surface area contributed by atoms with Gasteiger partial charge in [-0.05, 0) is 35.0 Å². The van der Waals surface area contributed by atoms with Gasteiger partial charge in [0.2, 0.25) is 0 Å². The van der Waals surface area contributed by atoms with Crippen LogP contribution < -0.4 is 0 Å². The number of hydrogen-bond donors (Lipinski definition) is 0. The first-order valence-electron chi connectivity index (χ1n) is 4.17. The molecule has 14 heavy (non-hydrogen) atoms. The van der Waals surface area contributed by atoms with Crippen molar-refractivity contribution in [3.63, 3.8) is 0 Å². The fourth-order valence-electron chi connectivity index (χ4n) is 1.29. The number of hydrogen-bond acceptors (Lipinski definition) is 3. The van der Waals surface area contributed by atoms with Crippen molar-refractivity contribution in [3.05, 3.63) is 29.6 Å². The van der Waals surface area contributed by atoms with Gasteiger partial charge in [0.05, 0.1) is 0 Å². The topological polar surface area (TPSA) is 43.6 Å². The highest BCUT2D eigenvalue weighted by molar-refractivity contribution is 5.59. The Morgan fingerprint density at radius 2 is 2.14 bits per heavy atom. The average molecular weight is 192 g/mol. The Morgan fingerprint density at radius 1 is 1.36 bits per heavy atom. The summed E-state index contributed by atoms with van der Waals surface area (Å²) in [7, 11) is 1.72. The zero-order valence-electron chi connectivity index (χ0n) is 7.90. The van der Waals surface area contributed by atoms with E-state index in [1.807, 2.05) is 6.92 Å². The van der Waals surface area contributed by atoms with Crippen molar-refractivity contribution in [2.75, 3.05) is 0 Å². The van der Waals surface area contributed by atoms with E-state index in [0.29, 0.717) is 5.82 Å². The summed E-state index contributed by atoms with van der Waals surface area (Å²) in [6.45, 7) is 1.89. The normalized spacial score (nSPS) is 10.5. The Labute approximate surface area is 80.4 Å². The average Bonchev–Trinajstić information content (AvgIpc) is 2.56. The molecule has 0 unspecified atom stereocenters. The number of tetrazole rings is 1. The van der Waals surface area contributed by atoms with Crippen LogP contribution >= 0.6 is 0 Å². The van der Waals surface area contributed by atoms with Gasteiger partial charge in [-0.25, -0.2) is 9.07 Å². The molecule has 4 nitrogen and oxygen atoms in total. The molecule has 0 saturated heterocycles. The van der Waals surface area contributed by atoms with E-state index < -0.39 is 0 Å². The summed E-state index contributed by atoms with van der Waals surface area (Å²) in [6, 6.07) is 4.56. The molecule has 1 aromatic heterocycles. The summed E-state index contributed by atoms with van der Waals surface area (Å²) in [5.41, 5.74) is 1.67. The first-order chi connectivity index (χ1) is 6.68. The van der Waals surface area contributed by atoms with Gasteiger partial charge in [0.15, 0.2) is 5.82 Å². The SMILES string of the molecule is Cc1ccc(F)cc1-c1nnnn1C. The zero-order chi connectivity index (χ0) is 10.1. The van der Waals surface area contributed by atoms with Crippen molar-refractivity contribution in [1.82, 2.24) is 20.2 Å². The van der Waals surface area contributed by atoms with Crippen LogP contribution in [0.2, 0.25) is 0 Å². The van der Waals surface area contributed by atoms with Crippen molar-refractivity contribution in [3.8, 4) is 11.4 Å². The van der Waals surface area contributed by atoms with Gasteiger partial charge in [-0.3, -0.25) is 0 Å². The van der Waals surface area contributed by atoms with Crippen LogP contribution in [-0.2, 0) is 7.05 Å². The molecule has 0 radical (unpaired) electrons. The molecule has 1 aromatic carbocycles. The Balaban J connectivity index is 2.62. The molecule has 2 aromatic rings. The van der Waals surface area contributed by atoms with Crippen molar-refractivity contribution < 1.29 is 4.39 Å². The van der Waals surface area contributed by atoms with E-state index >= 15 is 0 Å². The van der Waals surface area contributed by atoms with E-state index in [4.69, 9.17) is 0 Å². The van der Waals surface area contributed by atoms with E-state index in [-0.39, 0.29) is 5.82 Å². The van der Waals surface area contributed by atoms with Crippen LogP contribution in [0.1, 0.15) is 5.56 Å². The summed E-state index contributed by atoms with van der Waals surface area (Å²) < 4.78 is 14.5. The molecule has 2 rings (SSSR count). The molecule has 0 saturated carbocycles. The molecule has 0 bridgehead atoms. The quantitative estimate of drug-likeness (QED) is 0.684. The number of aryl methyl sites for hydroxylation is 2. The predicted octanol–water partition coefficient (Wildman–Crippen LogP) is 1.32. The maximum absolute atomic E-state index is 13.0. The second-order valence-electron chi connectivity index (χ2n) is 3.09. The number of halogens is 1. The Hall–Kier alpha value is -1.78. The molecule has 0 fully saturated rings. The first kappa shape index (κ1) is 8.80.